The van der Waals surface area contributed by atoms with E-state index >= 15 is 0 Å². The van der Waals surface area contributed by atoms with Gasteiger partial charge in [0.1, 0.15) is 0 Å². The van der Waals surface area contributed by atoms with Gasteiger partial charge in [-0.3, -0.25) is 29.7 Å². The Morgan fingerprint density at radius 3 is 2.38 bits per heavy atom. The lowest BCUT2D eigenvalue weighted by Gasteiger charge is -2.33. The number of anilines is 1. The summed E-state index contributed by atoms with van der Waals surface area (Å²) in [5.41, 5.74) is 4.31. The predicted octanol–water partition coefficient (Wildman–Crippen LogP) is 1.41. The molecule has 2 heterocycles. The van der Waals surface area contributed by atoms with Crippen molar-refractivity contribution in [1.29, 1.82) is 0 Å². The number of hydrogen-bond acceptors (Lipinski definition) is 6. The molecule has 2 amide bonds. The predicted molar refractivity (Wildman–Crippen MR) is 116 cm³/mol. The van der Waals surface area contributed by atoms with E-state index in [1.807, 2.05) is 5.43 Å². The van der Waals surface area contributed by atoms with Crippen molar-refractivity contribution in [1.82, 2.24) is 20.1 Å². The van der Waals surface area contributed by atoms with Crippen molar-refractivity contribution in [2.45, 2.75) is 13.0 Å². The smallest absolute Gasteiger partial charge is 0.267 e. The van der Waals surface area contributed by atoms with Crippen LogP contribution >= 0.6 is 11.8 Å². The Bertz CT molecular complexity index is 1030. The van der Waals surface area contributed by atoms with E-state index in [9.17, 15) is 26.8 Å². The molecule has 1 aliphatic heterocycles. The monoisotopic (exact) mass is 485 g/mol. The summed E-state index contributed by atoms with van der Waals surface area (Å²) in [6.45, 7) is 0.750. The molecule has 13 heteroatoms. The van der Waals surface area contributed by atoms with Gasteiger partial charge < -0.3 is 0 Å². The van der Waals surface area contributed by atoms with E-state index in [0.717, 1.165) is 0 Å². The first-order valence-electron chi connectivity index (χ1n) is 9.53. The molecule has 1 aromatic heterocycles. The van der Waals surface area contributed by atoms with Crippen LogP contribution in [0.5, 0.6) is 0 Å². The Morgan fingerprint density at radius 1 is 1.09 bits per heavy atom. The van der Waals surface area contributed by atoms with Crippen molar-refractivity contribution in [2.75, 3.05) is 28.9 Å². The average Bonchev–Trinajstić information content (AvgIpc) is 2.82. The fraction of sp³-hybridized carbons (Fsp3) is 0.316. The number of hydrogen-bond donors (Lipinski definition) is 2. The molecular weight excluding hydrogens is 464 g/mol. The largest absolute Gasteiger partial charge is 0.317 e. The van der Waals surface area contributed by atoms with Gasteiger partial charge in [-0.15, -0.1) is 0 Å². The van der Waals surface area contributed by atoms with Gasteiger partial charge >= 0.3 is 22.5 Å². The molecule has 0 unspecified atom stereocenters. The van der Waals surface area contributed by atoms with E-state index in [1.54, 1.807) is 47.5 Å². The molecule has 0 atom stereocenters. The summed E-state index contributed by atoms with van der Waals surface area (Å²) >= 11 is 1.70. The second kappa shape index (κ2) is 10.7. The van der Waals surface area contributed by atoms with Gasteiger partial charge in [0.2, 0.25) is 0 Å². The number of hydrazine groups is 1. The minimum Gasteiger partial charge on any atom is -0.267 e. The highest BCUT2D eigenvalue weighted by molar-refractivity contribution is 7.99. The van der Waals surface area contributed by atoms with Crippen molar-refractivity contribution in [3.05, 3.63) is 59.9 Å². The number of thioether (sulfide) groups is 1. The number of halogens is 2. The van der Waals surface area contributed by atoms with Crippen molar-refractivity contribution < 1.29 is 26.8 Å². The first-order valence-corrected chi connectivity index (χ1v) is 12.1. The van der Waals surface area contributed by atoms with Crippen LogP contribution in [-0.4, -0.2) is 60.5 Å². The number of nitrogens with zero attached hydrogens (tertiary/aromatic N) is 3. The van der Waals surface area contributed by atoms with Crippen LogP contribution < -0.4 is 15.2 Å². The average molecular weight is 486 g/mol. The molecule has 172 valence electrons. The third-order valence-electron chi connectivity index (χ3n) is 4.51. The molecule has 1 aliphatic rings. The molecule has 0 spiro atoms. The Labute approximate surface area is 188 Å². The highest BCUT2D eigenvalue weighted by Gasteiger charge is 2.31. The Kier molecular flexibility index (Phi) is 7.99. The summed E-state index contributed by atoms with van der Waals surface area (Å²) < 4.78 is 53.7. The number of carbonyl (C=O) groups excluding carboxylic acids is 2. The topological polar surface area (TPSA) is 112 Å². The molecule has 1 aromatic carbocycles. The number of amides is 2. The SMILES string of the molecule is O=C(NNC(=O)C(F)F)c1ccc(CN(c2ccccc2)S(=O)(=O)N2CCSCC2)nc1. The van der Waals surface area contributed by atoms with Crippen molar-refractivity contribution >= 4 is 39.5 Å². The number of pyridine rings is 1. The van der Waals surface area contributed by atoms with Crippen LogP contribution in [0, 0.1) is 0 Å². The second-order valence-corrected chi connectivity index (χ2v) is 9.72. The van der Waals surface area contributed by atoms with E-state index in [0.29, 0.717) is 36.0 Å². The third-order valence-corrected chi connectivity index (χ3v) is 7.37. The molecule has 1 fully saturated rings. The van der Waals surface area contributed by atoms with Gasteiger partial charge in [-0.05, 0) is 24.3 Å². The molecule has 2 aromatic rings. The van der Waals surface area contributed by atoms with Gasteiger partial charge in [0.25, 0.3) is 5.91 Å². The lowest BCUT2D eigenvalue weighted by Crippen LogP contribution is -2.47. The third kappa shape index (κ3) is 5.93. The Balaban J connectivity index is 1.76. The maximum absolute atomic E-state index is 13.3. The summed E-state index contributed by atoms with van der Waals surface area (Å²) in [6.07, 6.45) is -2.09. The van der Waals surface area contributed by atoms with E-state index in [-0.39, 0.29) is 12.1 Å². The normalized spacial score (nSPS) is 14.7. The lowest BCUT2D eigenvalue weighted by molar-refractivity contribution is -0.132. The number of alkyl halides is 2. The van der Waals surface area contributed by atoms with Gasteiger partial charge in [-0.2, -0.15) is 33.3 Å². The van der Waals surface area contributed by atoms with E-state index in [4.69, 9.17) is 0 Å². The van der Waals surface area contributed by atoms with Gasteiger partial charge in [0.15, 0.2) is 0 Å². The number of nitrogens with one attached hydrogen (secondary N) is 2. The number of rotatable bonds is 7. The molecule has 0 radical (unpaired) electrons. The van der Waals surface area contributed by atoms with Crippen LogP contribution in [0.15, 0.2) is 48.7 Å². The van der Waals surface area contributed by atoms with Crippen LogP contribution in [0.25, 0.3) is 0 Å². The Hall–Kier alpha value is -2.77. The molecule has 0 bridgehead atoms. The van der Waals surface area contributed by atoms with Crippen LogP contribution in [-0.2, 0) is 21.5 Å². The van der Waals surface area contributed by atoms with Gasteiger partial charge in [0, 0.05) is 30.8 Å². The van der Waals surface area contributed by atoms with Crippen molar-refractivity contribution in [3.8, 4) is 0 Å². The zero-order valence-electron chi connectivity index (χ0n) is 16.8. The van der Waals surface area contributed by atoms with Gasteiger partial charge in [-0.1, -0.05) is 18.2 Å². The van der Waals surface area contributed by atoms with Crippen molar-refractivity contribution in [3.63, 3.8) is 0 Å². The van der Waals surface area contributed by atoms with Crippen molar-refractivity contribution in [2.24, 2.45) is 0 Å². The summed E-state index contributed by atoms with van der Waals surface area (Å²) in [5.74, 6) is -1.04. The van der Waals surface area contributed by atoms with Crippen LogP contribution in [0.2, 0.25) is 0 Å². The maximum atomic E-state index is 13.3. The lowest BCUT2D eigenvalue weighted by atomic mass is 10.2. The summed E-state index contributed by atoms with van der Waals surface area (Å²) in [7, 11) is -3.81. The fourth-order valence-corrected chi connectivity index (χ4v) is 5.60. The van der Waals surface area contributed by atoms with E-state index < -0.39 is 28.4 Å². The number of aromatic nitrogens is 1. The van der Waals surface area contributed by atoms with Gasteiger partial charge in [-0.25, -0.2) is 0 Å². The maximum Gasteiger partial charge on any atom is 0.317 e. The highest BCUT2D eigenvalue weighted by Crippen LogP contribution is 2.24. The zero-order chi connectivity index (χ0) is 23.1. The Morgan fingerprint density at radius 2 is 1.78 bits per heavy atom. The second-order valence-electron chi connectivity index (χ2n) is 6.64. The molecule has 3 rings (SSSR count). The minimum atomic E-state index is -3.81. The number of carbonyl (C=O) groups is 2. The highest BCUT2D eigenvalue weighted by atomic mass is 32.2. The van der Waals surface area contributed by atoms with E-state index in [1.165, 1.54) is 26.9 Å². The molecule has 0 saturated carbocycles. The van der Waals surface area contributed by atoms with Crippen LogP contribution in [0.3, 0.4) is 0 Å². The van der Waals surface area contributed by atoms with Crippen LogP contribution in [0.4, 0.5) is 14.5 Å². The molecule has 2 N–H and O–H groups in total. The van der Waals surface area contributed by atoms with Gasteiger partial charge in [0.05, 0.1) is 23.5 Å². The molecule has 9 nitrogen and oxygen atoms in total. The first kappa shape index (κ1) is 23.9. The minimum absolute atomic E-state index is 0.00508. The number of para-hydroxylation sites is 1. The quantitative estimate of drug-likeness (QED) is 0.574. The first-order chi connectivity index (χ1) is 15.3. The van der Waals surface area contributed by atoms with Crippen LogP contribution in [0.1, 0.15) is 16.1 Å². The standard InChI is InChI=1S/C19H21F2N5O4S2/c20-17(21)19(28)24-23-18(27)14-6-7-15(22-12-14)13-26(16-4-2-1-3-5-16)32(29,30)25-8-10-31-11-9-25/h1-7,12,17H,8-11,13H2,(H,23,27)(H,24,28). The summed E-state index contributed by atoms with van der Waals surface area (Å²) in [6, 6.07) is 11.4. The van der Waals surface area contributed by atoms with E-state index in [2.05, 4.69) is 4.98 Å². The molecule has 32 heavy (non-hydrogen) atoms. The molecule has 0 aliphatic carbocycles. The zero-order valence-corrected chi connectivity index (χ0v) is 18.4. The number of benzene rings is 1. The molecule has 1 saturated heterocycles. The molecular formula is C19H21F2N5O4S2. The summed E-state index contributed by atoms with van der Waals surface area (Å²) in [4.78, 5) is 27.0. The fourth-order valence-electron chi connectivity index (χ4n) is 2.86. The summed E-state index contributed by atoms with van der Waals surface area (Å²) in [5, 5.41) is 0.